The Balaban J connectivity index is 0.818. The van der Waals surface area contributed by atoms with Gasteiger partial charge >= 0.3 is 5.97 Å². The summed E-state index contributed by atoms with van der Waals surface area (Å²) in [5.41, 5.74) is -2.75. The zero-order valence-electron chi connectivity index (χ0n) is 47.9. The highest BCUT2D eigenvalue weighted by Crippen LogP contribution is 2.76. The number of fused-ring (bicyclic) bond motifs is 7. The highest BCUT2D eigenvalue weighted by atomic mass is 16.8. The minimum atomic E-state index is -1.98. The lowest BCUT2D eigenvalue weighted by Gasteiger charge is -2.71. The maximum absolute atomic E-state index is 15.4. The maximum Gasteiger partial charge on any atom is 0.317 e. The van der Waals surface area contributed by atoms with Crippen molar-refractivity contribution in [1.29, 1.82) is 0 Å². The van der Waals surface area contributed by atoms with Gasteiger partial charge in [0.15, 0.2) is 31.3 Å². The van der Waals surface area contributed by atoms with Gasteiger partial charge in [-0.15, -0.1) is 0 Å². The number of ether oxygens (including phenoxy) is 10. The summed E-state index contributed by atoms with van der Waals surface area (Å²) in [5, 5.41) is 144. The molecular weight excluding hydrogens is 1080 g/mol. The first-order chi connectivity index (χ1) is 38.4. The molecule has 25 nitrogen and oxygen atoms in total. The predicted molar refractivity (Wildman–Crippen MR) is 276 cm³/mol. The quantitative estimate of drug-likeness (QED) is 0.0599. The molecule has 5 heterocycles. The SMILES string of the molecule is C[C@@H]1O[C@@H](O[C@H]2[C@H](OC(=O)[C@]34CCC(C)(C)C[C@H]3C3=CC[C@@H]5[C@@]6(C)CC[C@H](O)[C@@](C)(C=O)[C@@H]6CC[C@@]5(C)[C@]3(C)C[C@H]4O)O[C@H](C)[C@H](O)[C@@H]2O)[C@H](O)[C@H](O)[C@H]1O[C@@H]1OC[C@@H](O)[C@H](O[C@@H]2OC[C@H](O[C@@H]3OC[C@H](O)[C@H](O)[C@H]3O)[C@H](O)[C@H]2O)[C@H]1O. The molecule has 5 aliphatic carbocycles. The van der Waals surface area contributed by atoms with E-state index in [1.807, 2.05) is 6.92 Å². The fourth-order valence-electron chi connectivity index (χ4n) is 17.0. The highest BCUT2D eigenvalue weighted by molar-refractivity contribution is 5.80. The molecule has 0 amide bonds. The Morgan fingerprint density at radius 1 is 0.549 bits per heavy atom. The number of aliphatic hydroxyl groups excluding tert-OH is 13. The maximum atomic E-state index is 15.4. The van der Waals surface area contributed by atoms with Crippen LogP contribution in [-0.4, -0.2) is 246 Å². The first-order valence-corrected chi connectivity index (χ1v) is 29.4. The number of rotatable bonds is 11. The van der Waals surface area contributed by atoms with Crippen molar-refractivity contribution in [3.05, 3.63) is 11.6 Å². The van der Waals surface area contributed by atoms with Gasteiger partial charge in [-0.05, 0) is 111 Å². The van der Waals surface area contributed by atoms with E-state index >= 15 is 4.79 Å². The van der Waals surface area contributed by atoms with Gasteiger partial charge in [0.1, 0.15) is 97.2 Å². The molecule has 0 bridgehead atoms. The predicted octanol–water partition coefficient (Wildman–Crippen LogP) is -2.09. The van der Waals surface area contributed by atoms with E-state index in [2.05, 4.69) is 40.7 Å². The molecule has 5 saturated heterocycles. The summed E-state index contributed by atoms with van der Waals surface area (Å²) in [5.74, 6) is -1.20. The van der Waals surface area contributed by atoms with Crippen LogP contribution in [0.5, 0.6) is 0 Å². The molecule has 0 aromatic heterocycles. The lowest BCUT2D eigenvalue weighted by atomic mass is 9.33. The van der Waals surface area contributed by atoms with E-state index in [1.54, 1.807) is 0 Å². The third-order valence-corrected chi connectivity index (χ3v) is 22.3. The summed E-state index contributed by atoms with van der Waals surface area (Å²) in [4.78, 5) is 28.2. The zero-order valence-corrected chi connectivity index (χ0v) is 47.9. The topological polar surface area (TPSA) is 389 Å². The Hall–Kier alpha value is -2.00. The second kappa shape index (κ2) is 22.9. The smallest absolute Gasteiger partial charge is 0.317 e. The Morgan fingerprint density at radius 2 is 1.13 bits per heavy atom. The largest absolute Gasteiger partial charge is 0.432 e. The molecule has 10 rings (SSSR count). The van der Waals surface area contributed by atoms with Gasteiger partial charge in [0.05, 0.1) is 49.7 Å². The van der Waals surface area contributed by atoms with Crippen molar-refractivity contribution in [2.45, 2.75) is 261 Å². The lowest BCUT2D eigenvalue weighted by Crippen LogP contribution is -2.68. The van der Waals surface area contributed by atoms with E-state index in [-0.39, 0.29) is 40.9 Å². The molecule has 0 aromatic rings. The third-order valence-electron chi connectivity index (χ3n) is 22.3. The van der Waals surface area contributed by atoms with E-state index in [1.165, 1.54) is 13.8 Å². The fourth-order valence-corrected chi connectivity index (χ4v) is 17.0. The molecule has 0 unspecified atom stereocenters. The average Bonchev–Trinajstić information content (AvgIpc) is 0.730. The Labute approximate surface area is 476 Å². The van der Waals surface area contributed by atoms with Crippen LogP contribution in [0.15, 0.2) is 11.6 Å². The van der Waals surface area contributed by atoms with Crippen molar-refractivity contribution < 1.29 is 123 Å². The van der Waals surface area contributed by atoms with Gasteiger partial charge < -0.3 is 119 Å². The Kier molecular flexibility index (Phi) is 17.6. The lowest BCUT2D eigenvalue weighted by molar-refractivity contribution is -0.380. The van der Waals surface area contributed by atoms with E-state index in [0.29, 0.717) is 25.7 Å². The first kappa shape index (κ1) is 63.0. The normalized spacial score (nSPS) is 55.9. The molecule has 468 valence electrons. The number of carbonyl (C=O) groups is 2. The number of esters is 1. The number of hydrogen-bond donors (Lipinski definition) is 13. The van der Waals surface area contributed by atoms with Crippen molar-refractivity contribution in [2.75, 3.05) is 19.8 Å². The van der Waals surface area contributed by atoms with Crippen molar-refractivity contribution in [3.63, 3.8) is 0 Å². The summed E-state index contributed by atoms with van der Waals surface area (Å²) in [7, 11) is 0. The summed E-state index contributed by atoms with van der Waals surface area (Å²) < 4.78 is 58.3. The molecule has 25 heteroatoms. The van der Waals surface area contributed by atoms with Crippen LogP contribution in [-0.2, 0) is 57.0 Å². The van der Waals surface area contributed by atoms with Gasteiger partial charge in [-0.3, -0.25) is 4.79 Å². The number of allylic oxidation sites excluding steroid dienone is 2. The van der Waals surface area contributed by atoms with Crippen LogP contribution in [0.4, 0.5) is 0 Å². The van der Waals surface area contributed by atoms with Crippen LogP contribution in [0, 0.1) is 50.2 Å². The number of carbonyl (C=O) groups excluding carboxylic acids is 2. The van der Waals surface area contributed by atoms with E-state index in [0.717, 1.165) is 31.1 Å². The van der Waals surface area contributed by atoms with Gasteiger partial charge in [0.25, 0.3) is 0 Å². The van der Waals surface area contributed by atoms with Crippen molar-refractivity contribution in [1.82, 2.24) is 0 Å². The number of aliphatic hydroxyl groups is 13. The minimum absolute atomic E-state index is 0.0397. The van der Waals surface area contributed by atoms with Crippen molar-refractivity contribution in [2.24, 2.45) is 50.2 Å². The Bertz CT molecular complexity index is 2330. The van der Waals surface area contributed by atoms with Gasteiger partial charge in [-0.1, -0.05) is 53.2 Å². The van der Waals surface area contributed by atoms with Gasteiger partial charge in [0, 0.05) is 0 Å². The van der Waals surface area contributed by atoms with Crippen LogP contribution in [0.2, 0.25) is 0 Å². The minimum Gasteiger partial charge on any atom is -0.432 e. The molecular formula is C57H90O25. The number of hydrogen-bond acceptors (Lipinski definition) is 25. The molecule has 5 aliphatic heterocycles. The summed E-state index contributed by atoms with van der Waals surface area (Å²) in [6.07, 6.45) is -29.6. The fraction of sp³-hybridized carbons (Fsp3) is 0.930. The van der Waals surface area contributed by atoms with E-state index in [9.17, 15) is 71.2 Å². The zero-order chi connectivity index (χ0) is 59.7. The average molecular weight is 1180 g/mol. The monoisotopic (exact) mass is 1170 g/mol. The van der Waals surface area contributed by atoms with E-state index in [4.69, 9.17) is 47.4 Å². The molecule has 10 aliphatic rings. The third kappa shape index (κ3) is 10.2. The first-order valence-electron chi connectivity index (χ1n) is 29.4. The molecule has 4 saturated carbocycles. The van der Waals surface area contributed by atoms with Gasteiger partial charge in [-0.25, -0.2) is 0 Å². The second-order valence-electron chi connectivity index (χ2n) is 27.5. The molecule has 0 aromatic carbocycles. The van der Waals surface area contributed by atoms with Gasteiger partial charge in [-0.2, -0.15) is 0 Å². The van der Waals surface area contributed by atoms with Gasteiger partial charge in [0.2, 0.25) is 6.29 Å². The molecule has 0 radical (unpaired) electrons. The summed E-state index contributed by atoms with van der Waals surface area (Å²) >= 11 is 0. The van der Waals surface area contributed by atoms with Crippen LogP contribution >= 0.6 is 0 Å². The molecule has 13 N–H and O–H groups in total. The summed E-state index contributed by atoms with van der Waals surface area (Å²) in [6, 6.07) is 0. The van der Waals surface area contributed by atoms with Crippen LogP contribution in [0.1, 0.15) is 113 Å². The molecule has 9 fully saturated rings. The standard InChI is InChI=1S/C57H90O25/c1-23-34(63)37(66)45(81-49-41(70)38(67)43(24(2)77-49)79-48-42(71)44(28(60)20-74-48)80-47-40(69)36(65)29(21-75-47)78-46-39(68)35(64)27(59)19-73-46)50(76-23)82-51(72)57-16-15-52(3,4)17-26(57)25-9-10-31-53(5)13-12-32(61)54(6,22-58)30(53)11-14-55(31,7)56(25,8)18-33(57)62/h9,22-24,26-50,59-71H,10-21H2,1-8H3/t23-,24+,26+,27+,28-,29+,30-,31-,32+,33-,34+,35+,36+,37+,38+,39-,40-,41-,42-,43+,44+,45-,46+,47+,48+,49+,50+,53+,54+,55-,56-,57-/m1/s1. The van der Waals surface area contributed by atoms with E-state index < -0.39 is 195 Å². The second-order valence-corrected chi connectivity index (χ2v) is 27.5. The number of aldehydes is 1. The molecule has 32 atom stereocenters. The van der Waals surface area contributed by atoms with Crippen molar-refractivity contribution in [3.8, 4) is 0 Å². The molecule has 82 heavy (non-hydrogen) atoms. The summed E-state index contributed by atoms with van der Waals surface area (Å²) in [6.45, 7) is 14.5. The van der Waals surface area contributed by atoms with Crippen LogP contribution < -0.4 is 0 Å². The highest BCUT2D eigenvalue weighted by Gasteiger charge is 2.72. The molecule has 0 spiro atoms. The van der Waals surface area contributed by atoms with Crippen molar-refractivity contribution >= 4 is 12.3 Å². The Morgan fingerprint density at radius 3 is 1.83 bits per heavy atom. The van der Waals surface area contributed by atoms with Crippen LogP contribution in [0.25, 0.3) is 0 Å². The van der Waals surface area contributed by atoms with Crippen LogP contribution in [0.3, 0.4) is 0 Å².